The molecule has 2 aromatic rings. The van der Waals surface area contributed by atoms with Crippen molar-refractivity contribution in [3.63, 3.8) is 0 Å². The molecule has 1 N–H and O–H groups in total. The number of hydrogen-bond donors (Lipinski definition) is 1. The van der Waals surface area contributed by atoms with Crippen LogP contribution in [0.15, 0.2) is 30.6 Å². The van der Waals surface area contributed by atoms with E-state index in [4.69, 9.17) is 0 Å². The minimum absolute atomic E-state index is 0.550. The van der Waals surface area contributed by atoms with Gasteiger partial charge < -0.3 is 9.88 Å². The van der Waals surface area contributed by atoms with Crippen molar-refractivity contribution in [1.82, 2.24) is 19.8 Å². The van der Waals surface area contributed by atoms with Crippen LogP contribution in [0, 0.1) is 19.3 Å². The highest BCUT2D eigenvalue weighted by atomic mass is 15.2. The first-order valence-electron chi connectivity index (χ1n) is 9.54. The summed E-state index contributed by atoms with van der Waals surface area (Å²) < 4.78 is 2.16. The second-order valence-corrected chi connectivity index (χ2v) is 8.12. The fourth-order valence-electron chi connectivity index (χ4n) is 4.50. The minimum atomic E-state index is 0.550. The summed E-state index contributed by atoms with van der Waals surface area (Å²) in [4.78, 5) is 7.28. The van der Waals surface area contributed by atoms with E-state index in [2.05, 4.69) is 65.1 Å². The number of imidazole rings is 1. The van der Waals surface area contributed by atoms with E-state index in [1.165, 1.54) is 54.9 Å². The Morgan fingerprint density at radius 1 is 1.24 bits per heavy atom. The number of piperidine rings is 1. The van der Waals surface area contributed by atoms with Crippen LogP contribution in [0.5, 0.6) is 0 Å². The van der Waals surface area contributed by atoms with Gasteiger partial charge in [-0.1, -0.05) is 23.8 Å². The second-order valence-electron chi connectivity index (χ2n) is 8.12. The fourth-order valence-corrected chi connectivity index (χ4v) is 4.50. The number of aryl methyl sites for hydroxylation is 3. The Kier molecular flexibility index (Phi) is 4.42. The van der Waals surface area contributed by atoms with E-state index < -0.39 is 0 Å². The molecule has 0 bridgehead atoms. The predicted molar refractivity (Wildman–Crippen MR) is 101 cm³/mol. The number of nitrogens with one attached hydrogen (secondary N) is 1. The number of nitrogens with zero attached hydrogens (tertiary/aromatic N) is 3. The molecule has 1 atom stereocenters. The molecule has 1 saturated carbocycles. The zero-order valence-corrected chi connectivity index (χ0v) is 15.8. The van der Waals surface area contributed by atoms with Crippen LogP contribution in [-0.2, 0) is 20.1 Å². The average molecular weight is 338 g/mol. The molecule has 1 aromatic carbocycles. The van der Waals surface area contributed by atoms with Crippen LogP contribution in [0.25, 0.3) is 0 Å². The summed E-state index contributed by atoms with van der Waals surface area (Å²) in [6.07, 6.45) is 7.96. The average Bonchev–Trinajstić information content (AvgIpc) is 3.13. The van der Waals surface area contributed by atoms with Gasteiger partial charge in [0.25, 0.3) is 0 Å². The summed E-state index contributed by atoms with van der Waals surface area (Å²) >= 11 is 0. The monoisotopic (exact) mass is 338 g/mol. The van der Waals surface area contributed by atoms with Crippen molar-refractivity contribution in [2.45, 2.75) is 52.2 Å². The Hall–Kier alpha value is -1.65. The summed E-state index contributed by atoms with van der Waals surface area (Å²) in [6.45, 7) is 8.75. The molecular weight excluding hydrogens is 308 g/mol. The van der Waals surface area contributed by atoms with E-state index in [9.17, 15) is 0 Å². The van der Waals surface area contributed by atoms with Gasteiger partial charge in [-0.3, -0.25) is 4.90 Å². The molecule has 4 heteroatoms. The van der Waals surface area contributed by atoms with E-state index in [1.807, 2.05) is 6.20 Å². The molecule has 0 unspecified atom stereocenters. The highest BCUT2D eigenvalue weighted by Gasteiger charge is 2.56. The Morgan fingerprint density at radius 3 is 2.76 bits per heavy atom. The molecule has 1 aliphatic carbocycles. The molecule has 2 aliphatic rings. The highest BCUT2D eigenvalue weighted by Crippen LogP contribution is 2.56. The molecule has 4 rings (SSSR count). The third-order valence-corrected chi connectivity index (χ3v) is 6.33. The lowest BCUT2D eigenvalue weighted by Gasteiger charge is -2.30. The molecular formula is C21H30N4. The van der Waals surface area contributed by atoms with Gasteiger partial charge in [-0.25, -0.2) is 4.98 Å². The molecule has 0 amide bonds. The van der Waals surface area contributed by atoms with Gasteiger partial charge in [0.05, 0.1) is 6.54 Å². The molecule has 134 valence electrons. The van der Waals surface area contributed by atoms with E-state index >= 15 is 0 Å². The van der Waals surface area contributed by atoms with E-state index in [-0.39, 0.29) is 0 Å². The number of aromatic nitrogens is 2. The van der Waals surface area contributed by atoms with Gasteiger partial charge in [-0.05, 0) is 62.7 Å². The van der Waals surface area contributed by atoms with Crippen molar-refractivity contribution in [3.05, 3.63) is 53.1 Å². The largest absolute Gasteiger partial charge is 0.337 e. The van der Waals surface area contributed by atoms with Crippen molar-refractivity contribution < 1.29 is 0 Å². The zero-order chi connectivity index (χ0) is 17.4. The maximum atomic E-state index is 4.59. The zero-order valence-electron chi connectivity index (χ0n) is 15.8. The third kappa shape index (κ3) is 3.38. The van der Waals surface area contributed by atoms with Gasteiger partial charge >= 0.3 is 0 Å². The van der Waals surface area contributed by atoms with Crippen LogP contribution >= 0.6 is 0 Å². The van der Waals surface area contributed by atoms with Gasteiger partial charge in [0.1, 0.15) is 5.82 Å². The molecule has 1 aliphatic heterocycles. The van der Waals surface area contributed by atoms with Gasteiger partial charge in [-0.2, -0.15) is 0 Å². The molecule has 4 nitrogen and oxygen atoms in total. The van der Waals surface area contributed by atoms with E-state index in [0.29, 0.717) is 11.5 Å². The van der Waals surface area contributed by atoms with Crippen molar-refractivity contribution in [1.29, 1.82) is 0 Å². The number of benzene rings is 1. The SMILES string of the molecule is Cc1ccc(C)c(CN(Cc2nccn2C)[C@H]2CC23CCNCC3)c1. The van der Waals surface area contributed by atoms with Gasteiger partial charge in [0.2, 0.25) is 0 Å². The van der Waals surface area contributed by atoms with Crippen LogP contribution in [0.4, 0.5) is 0 Å². The van der Waals surface area contributed by atoms with Gasteiger partial charge in [0.15, 0.2) is 0 Å². The first kappa shape index (κ1) is 16.8. The first-order valence-corrected chi connectivity index (χ1v) is 9.54. The highest BCUT2D eigenvalue weighted by molar-refractivity contribution is 5.31. The van der Waals surface area contributed by atoms with Crippen molar-refractivity contribution in [3.8, 4) is 0 Å². The predicted octanol–water partition coefficient (Wildman–Crippen LogP) is 3.18. The lowest BCUT2D eigenvalue weighted by atomic mass is 9.93. The third-order valence-electron chi connectivity index (χ3n) is 6.33. The maximum Gasteiger partial charge on any atom is 0.122 e. The van der Waals surface area contributed by atoms with Gasteiger partial charge in [-0.15, -0.1) is 0 Å². The Bertz CT molecular complexity index is 742. The first-order chi connectivity index (χ1) is 12.1. The summed E-state index contributed by atoms with van der Waals surface area (Å²) in [7, 11) is 2.10. The second kappa shape index (κ2) is 6.58. The normalized spacial score (nSPS) is 21.8. The maximum absolute atomic E-state index is 4.59. The summed E-state index contributed by atoms with van der Waals surface area (Å²) in [5.74, 6) is 1.17. The summed E-state index contributed by atoms with van der Waals surface area (Å²) in [5, 5.41) is 3.53. The summed E-state index contributed by atoms with van der Waals surface area (Å²) in [6, 6.07) is 7.54. The van der Waals surface area contributed by atoms with Crippen molar-refractivity contribution in [2.75, 3.05) is 13.1 Å². The standard InChI is InChI=1S/C21H30N4/c1-16-4-5-17(2)18(12-16)14-25(15-20-23-10-11-24(20)3)19-13-21(19)6-8-22-9-7-21/h4-5,10-12,19,22H,6-9,13-15H2,1-3H3/t19-/m0/s1. The topological polar surface area (TPSA) is 33.1 Å². The molecule has 25 heavy (non-hydrogen) atoms. The van der Waals surface area contributed by atoms with Crippen LogP contribution < -0.4 is 5.32 Å². The van der Waals surface area contributed by atoms with E-state index in [0.717, 1.165) is 13.1 Å². The fraction of sp³-hybridized carbons (Fsp3) is 0.571. The van der Waals surface area contributed by atoms with Crippen LogP contribution in [0.1, 0.15) is 41.8 Å². The van der Waals surface area contributed by atoms with Crippen LogP contribution in [0.2, 0.25) is 0 Å². The molecule has 2 fully saturated rings. The molecule has 1 saturated heterocycles. The number of hydrogen-bond acceptors (Lipinski definition) is 3. The van der Waals surface area contributed by atoms with Crippen molar-refractivity contribution >= 4 is 0 Å². The molecule has 0 radical (unpaired) electrons. The lowest BCUT2D eigenvalue weighted by Crippen LogP contribution is -2.36. The van der Waals surface area contributed by atoms with Gasteiger partial charge in [0, 0.05) is 32.0 Å². The Morgan fingerprint density at radius 2 is 2.04 bits per heavy atom. The smallest absolute Gasteiger partial charge is 0.122 e. The van der Waals surface area contributed by atoms with Crippen molar-refractivity contribution in [2.24, 2.45) is 12.5 Å². The molecule has 2 heterocycles. The molecule has 1 aromatic heterocycles. The minimum Gasteiger partial charge on any atom is -0.337 e. The van der Waals surface area contributed by atoms with Crippen LogP contribution in [0.3, 0.4) is 0 Å². The Balaban J connectivity index is 1.58. The quantitative estimate of drug-likeness (QED) is 0.909. The Labute approximate surface area is 151 Å². The van der Waals surface area contributed by atoms with E-state index in [1.54, 1.807) is 0 Å². The summed E-state index contributed by atoms with van der Waals surface area (Å²) in [5.41, 5.74) is 4.76. The van der Waals surface area contributed by atoms with Crippen LogP contribution in [-0.4, -0.2) is 33.6 Å². The lowest BCUT2D eigenvalue weighted by molar-refractivity contribution is 0.182. The number of rotatable bonds is 5. The molecule has 1 spiro atoms.